The van der Waals surface area contributed by atoms with E-state index in [9.17, 15) is 0 Å². The van der Waals surface area contributed by atoms with E-state index >= 15 is 0 Å². The first kappa shape index (κ1) is 14.0. The molecule has 2 N–H and O–H groups in total. The van der Waals surface area contributed by atoms with E-state index < -0.39 is 0 Å². The number of pyridine rings is 1. The van der Waals surface area contributed by atoms with Gasteiger partial charge in [-0.25, -0.2) is 0 Å². The summed E-state index contributed by atoms with van der Waals surface area (Å²) in [5.74, 6) is 0.464. The Kier molecular flexibility index (Phi) is 3.80. The van der Waals surface area contributed by atoms with Gasteiger partial charge >= 0.3 is 0 Å². The summed E-state index contributed by atoms with van der Waals surface area (Å²) in [5, 5.41) is 0. The van der Waals surface area contributed by atoms with Gasteiger partial charge in [-0.1, -0.05) is 0 Å². The summed E-state index contributed by atoms with van der Waals surface area (Å²) < 4.78 is 11.5. The van der Waals surface area contributed by atoms with Crippen LogP contribution in [0, 0.1) is 19.8 Å². The topological polar surface area (TPSA) is 57.4 Å². The number of nitrogens with zero attached hydrogens (tertiary/aromatic N) is 1. The molecule has 20 heavy (non-hydrogen) atoms. The van der Waals surface area contributed by atoms with E-state index in [-0.39, 0.29) is 11.6 Å². The van der Waals surface area contributed by atoms with Crippen LogP contribution in [0.2, 0.25) is 0 Å². The van der Waals surface area contributed by atoms with E-state index in [1.54, 1.807) is 0 Å². The zero-order valence-electron chi connectivity index (χ0n) is 12.4. The van der Waals surface area contributed by atoms with Gasteiger partial charge in [-0.3, -0.25) is 4.98 Å². The second-order valence-corrected chi connectivity index (χ2v) is 6.30. The molecule has 110 valence electrons. The maximum Gasteiger partial charge on any atom is 0.0940 e. The van der Waals surface area contributed by atoms with E-state index in [1.165, 1.54) is 5.56 Å². The van der Waals surface area contributed by atoms with Crippen LogP contribution in [0.1, 0.15) is 42.3 Å². The molecule has 3 heterocycles. The Labute approximate surface area is 120 Å². The van der Waals surface area contributed by atoms with Gasteiger partial charge in [-0.2, -0.15) is 0 Å². The van der Waals surface area contributed by atoms with E-state index in [4.69, 9.17) is 15.2 Å². The van der Waals surface area contributed by atoms with Crippen molar-refractivity contribution in [3.8, 4) is 0 Å². The predicted octanol–water partition coefficient (Wildman–Crippen LogP) is 2.28. The minimum absolute atomic E-state index is 0.0665. The third-order valence-electron chi connectivity index (χ3n) is 4.59. The van der Waals surface area contributed by atoms with Crippen LogP contribution in [-0.4, -0.2) is 30.4 Å². The van der Waals surface area contributed by atoms with E-state index in [0.29, 0.717) is 5.92 Å². The quantitative estimate of drug-likeness (QED) is 0.900. The maximum atomic E-state index is 6.53. The number of rotatable bonds is 2. The monoisotopic (exact) mass is 276 g/mol. The lowest BCUT2D eigenvalue weighted by Gasteiger charge is -2.39. The van der Waals surface area contributed by atoms with E-state index in [0.717, 1.165) is 50.5 Å². The highest BCUT2D eigenvalue weighted by Crippen LogP contribution is 2.40. The molecule has 0 saturated carbocycles. The Balaban J connectivity index is 1.77. The molecule has 2 aliphatic rings. The van der Waals surface area contributed by atoms with Crippen LogP contribution in [0.3, 0.4) is 0 Å². The van der Waals surface area contributed by atoms with E-state index in [2.05, 4.69) is 17.1 Å². The smallest absolute Gasteiger partial charge is 0.0940 e. The first-order chi connectivity index (χ1) is 9.58. The maximum absolute atomic E-state index is 6.53. The molecular formula is C16H24N2O2. The van der Waals surface area contributed by atoms with Gasteiger partial charge in [0.25, 0.3) is 0 Å². The van der Waals surface area contributed by atoms with Crippen LogP contribution >= 0.6 is 0 Å². The normalized spacial score (nSPS) is 31.6. The van der Waals surface area contributed by atoms with Crippen LogP contribution < -0.4 is 5.73 Å². The highest BCUT2D eigenvalue weighted by Gasteiger charge is 2.42. The lowest BCUT2D eigenvalue weighted by Crippen LogP contribution is -2.43. The number of nitrogens with two attached hydrogens (primary N) is 1. The molecular weight excluding hydrogens is 252 g/mol. The Hall–Kier alpha value is -0.970. The average molecular weight is 276 g/mol. The molecule has 0 amide bonds. The van der Waals surface area contributed by atoms with Crippen molar-refractivity contribution in [2.75, 3.05) is 19.8 Å². The van der Waals surface area contributed by atoms with Gasteiger partial charge in [0.1, 0.15) is 0 Å². The Morgan fingerprint density at radius 1 is 1.30 bits per heavy atom. The summed E-state index contributed by atoms with van der Waals surface area (Å²) >= 11 is 0. The second-order valence-electron chi connectivity index (χ2n) is 6.30. The number of ether oxygens (including phenoxy) is 2. The second kappa shape index (κ2) is 5.43. The largest absolute Gasteiger partial charge is 0.378 e. The van der Waals surface area contributed by atoms with Crippen molar-refractivity contribution in [1.29, 1.82) is 0 Å². The van der Waals surface area contributed by atoms with Crippen molar-refractivity contribution < 1.29 is 9.47 Å². The van der Waals surface area contributed by atoms with Crippen molar-refractivity contribution in [2.45, 2.75) is 44.8 Å². The minimum Gasteiger partial charge on any atom is -0.378 e. The molecule has 1 aromatic heterocycles. The SMILES string of the molecule is Cc1cc(C(N)C2CCOC3(CCOC3)C2)cc(C)n1. The van der Waals surface area contributed by atoms with Crippen LogP contribution in [0.5, 0.6) is 0 Å². The fourth-order valence-electron chi connectivity index (χ4n) is 3.57. The molecule has 1 spiro atoms. The Morgan fingerprint density at radius 3 is 2.70 bits per heavy atom. The van der Waals surface area contributed by atoms with Gasteiger partial charge in [-0.15, -0.1) is 0 Å². The van der Waals surface area contributed by atoms with Crippen LogP contribution in [0.15, 0.2) is 12.1 Å². The van der Waals surface area contributed by atoms with Crippen molar-refractivity contribution in [2.24, 2.45) is 11.7 Å². The summed E-state index contributed by atoms with van der Waals surface area (Å²) in [4.78, 5) is 4.43. The number of aromatic nitrogens is 1. The van der Waals surface area contributed by atoms with Gasteiger partial charge < -0.3 is 15.2 Å². The molecule has 0 bridgehead atoms. The molecule has 4 heteroatoms. The summed E-state index contributed by atoms with van der Waals surface area (Å²) in [6, 6.07) is 4.30. The third-order valence-corrected chi connectivity index (χ3v) is 4.59. The Morgan fingerprint density at radius 2 is 2.05 bits per heavy atom. The van der Waals surface area contributed by atoms with Gasteiger partial charge in [0, 0.05) is 37.1 Å². The van der Waals surface area contributed by atoms with Gasteiger partial charge in [0.2, 0.25) is 0 Å². The lowest BCUT2D eigenvalue weighted by molar-refractivity contribution is -0.101. The average Bonchev–Trinajstić information content (AvgIpc) is 2.85. The van der Waals surface area contributed by atoms with Crippen molar-refractivity contribution in [3.05, 3.63) is 29.1 Å². The first-order valence-electron chi connectivity index (χ1n) is 7.50. The highest BCUT2D eigenvalue weighted by molar-refractivity contribution is 5.24. The lowest BCUT2D eigenvalue weighted by atomic mass is 9.79. The molecule has 3 rings (SSSR count). The van der Waals surface area contributed by atoms with Crippen LogP contribution in [-0.2, 0) is 9.47 Å². The molecule has 0 aromatic carbocycles. The van der Waals surface area contributed by atoms with Crippen molar-refractivity contribution in [1.82, 2.24) is 4.98 Å². The molecule has 0 aliphatic carbocycles. The summed E-state index contributed by atoms with van der Waals surface area (Å²) in [7, 11) is 0. The summed E-state index contributed by atoms with van der Waals surface area (Å²) in [6.45, 7) is 6.39. The van der Waals surface area contributed by atoms with Gasteiger partial charge in [0.15, 0.2) is 0 Å². The zero-order chi connectivity index (χ0) is 14.2. The van der Waals surface area contributed by atoms with Crippen molar-refractivity contribution in [3.63, 3.8) is 0 Å². The molecule has 2 aliphatic heterocycles. The standard InChI is InChI=1S/C16H24N2O2/c1-11-7-14(8-12(2)18-11)15(17)13-3-5-20-16(9-13)4-6-19-10-16/h7-8,13,15H,3-6,9-10,17H2,1-2H3. The number of hydrogen-bond donors (Lipinski definition) is 1. The minimum atomic E-state index is -0.0718. The highest BCUT2D eigenvalue weighted by atomic mass is 16.6. The molecule has 3 atom stereocenters. The number of aryl methyl sites for hydroxylation is 2. The van der Waals surface area contributed by atoms with Crippen LogP contribution in [0.25, 0.3) is 0 Å². The zero-order valence-corrected chi connectivity index (χ0v) is 12.4. The summed E-state index contributed by atoms with van der Waals surface area (Å²) in [5.41, 5.74) is 9.75. The molecule has 2 saturated heterocycles. The fourth-order valence-corrected chi connectivity index (χ4v) is 3.57. The summed E-state index contributed by atoms with van der Waals surface area (Å²) in [6.07, 6.45) is 3.04. The third kappa shape index (κ3) is 2.73. The van der Waals surface area contributed by atoms with Gasteiger partial charge in [-0.05, 0) is 50.3 Å². The molecule has 1 aromatic rings. The number of hydrogen-bond acceptors (Lipinski definition) is 4. The first-order valence-corrected chi connectivity index (χ1v) is 7.50. The Bertz CT molecular complexity index is 463. The molecule has 2 fully saturated rings. The molecule has 4 nitrogen and oxygen atoms in total. The molecule has 0 radical (unpaired) electrons. The molecule has 3 unspecified atom stereocenters. The van der Waals surface area contributed by atoms with Gasteiger partial charge in [0.05, 0.1) is 12.2 Å². The van der Waals surface area contributed by atoms with Crippen LogP contribution in [0.4, 0.5) is 0 Å². The fraction of sp³-hybridized carbons (Fsp3) is 0.688. The predicted molar refractivity (Wildman–Crippen MR) is 77.5 cm³/mol. The van der Waals surface area contributed by atoms with E-state index in [1.807, 2.05) is 13.8 Å². The van der Waals surface area contributed by atoms with Crippen molar-refractivity contribution >= 4 is 0 Å².